The number of aromatic amines is 1. The Bertz CT molecular complexity index is 1150. The fourth-order valence-electron chi connectivity index (χ4n) is 2.96. The molecule has 0 bridgehead atoms. The average Bonchev–Trinajstić information content (AvgIpc) is 3.04. The van der Waals surface area contributed by atoms with Gasteiger partial charge in [0, 0.05) is 17.0 Å². The molecule has 1 N–H and O–H groups in total. The first kappa shape index (κ1) is 18.1. The predicted octanol–water partition coefficient (Wildman–Crippen LogP) is 6.62. The van der Waals surface area contributed by atoms with Crippen LogP contribution in [0.2, 0.25) is 15.1 Å². The molecule has 0 aliphatic carbocycles. The van der Waals surface area contributed by atoms with E-state index in [9.17, 15) is 4.79 Å². The largest absolute Gasteiger partial charge is 0.338 e. The summed E-state index contributed by atoms with van der Waals surface area (Å²) in [5, 5.41) is 1.64. The van der Waals surface area contributed by atoms with Crippen LogP contribution in [-0.2, 0) is 6.42 Å². The minimum Gasteiger partial charge on any atom is -0.338 e. The summed E-state index contributed by atoms with van der Waals surface area (Å²) >= 11 is 18.5. The first-order chi connectivity index (χ1) is 13.0. The summed E-state index contributed by atoms with van der Waals surface area (Å²) in [7, 11) is 0. The van der Waals surface area contributed by atoms with Gasteiger partial charge in [-0.15, -0.1) is 0 Å². The Balaban J connectivity index is 1.68. The van der Waals surface area contributed by atoms with E-state index >= 15 is 0 Å². The van der Waals surface area contributed by atoms with E-state index in [1.54, 1.807) is 42.5 Å². The second-order valence-electron chi connectivity index (χ2n) is 6.14. The fourth-order valence-corrected chi connectivity index (χ4v) is 3.75. The van der Waals surface area contributed by atoms with Crippen molar-refractivity contribution in [3.63, 3.8) is 0 Å². The van der Waals surface area contributed by atoms with Crippen molar-refractivity contribution in [1.82, 2.24) is 9.97 Å². The number of imidazole rings is 1. The lowest BCUT2D eigenvalue weighted by Gasteiger charge is -2.03. The van der Waals surface area contributed by atoms with Gasteiger partial charge in [-0.2, -0.15) is 0 Å². The van der Waals surface area contributed by atoms with Crippen molar-refractivity contribution in [2.45, 2.75) is 6.42 Å². The number of halogens is 3. The quantitative estimate of drug-likeness (QED) is 0.381. The minimum absolute atomic E-state index is 0.00564. The van der Waals surface area contributed by atoms with Crippen molar-refractivity contribution < 1.29 is 4.79 Å². The highest BCUT2D eigenvalue weighted by Crippen LogP contribution is 2.34. The standard InChI is InChI=1S/C21H13Cl3N2O/c22-14-4-1-3-12(9-14)10-19(27)13-7-8-17-18(11-13)26-21(25-17)20-15(23)5-2-6-16(20)24/h1-9,11H,10H2,(H,25,26). The average molecular weight is 416 g/mol. The zero-order valence-electron chi connectivity index (χ0n) is 14.0. The van der Waals surface area contributed by atoms with E-state index in [2.05, 4.69) is 9.97 Å². The van der Waals surface area contributed by atoms with Gasteiger partial charge in [-0.25, -0.2) is 4.98 Å². The monoisotopic (exact) mass is 414 g/mol. The van der Waals surface area contributed by atoms with E-state index in [0.717, 1.165) is 16.6 Å². The summed E-state index contributed by atoms with van der Waals surface area (Å²) < 4.78 is 0. The van der Waals surface area contributed by atoms with Crippen LogP contribution in [0.1, 0.15) is 15.9 Å². The van der Waals surface area contributed by atoms with E-state index in [0.29, 0.717) is 32.0 Å². The number of aromatic nitrogens is 2. The Kier molecular flexibility index (Phi) is 4.92. The second kappa shape index (κ2) is 7.35. The van der Waals surface area contributed by atoms with Crippen LogP contribution in [0.25, 0.3) is 22.4 Å². The van der Waals surface area contributed by atoms with Gasteiger partial charge < -0.3 is 4.98 Å². The van der Waals surface area contributed by atoms with Gasteiger partial charge in [0.1, 0.15) is 5.82 Å². The molecule has 0 saturated carbocycles. The third-order valence-electron chi connectivity index (χ3n) is 4.26. The zero-order chi connectivity index (χ0) is 19.0. The Morgan fingerprint density at radius 1 is 0.926 bits per heavy atom. The first-order valence-electron chi connectivity index (χ1n) is 8.23. The SMILES string of the molecule is O=C(Cc1cccc(Cl)c1)c1ccc2nc(-c3c(Cl)cccc3Cl)[nH]c2c1. The molecule has 0 radical (unpaired) electrons. The normalized spacial score (nSPS) is 11.1. The molecule has 0 saturated heterocycles. The van der Waals surface area contributed by atoms with Gasteiger partial charge in [0.2, 0.25) is 0 Å². The van der Waals surface area contributed by atoms with Gasteiger partial charge >= 0.3 is 0 Å². The van der Waals surface area contributed by atoms with Crippen molar-refractivity contribution in [2.24, 2.45) is 0 Å². The maximum Gasteiger partial charge on any atom is 0.167 e. The van der Waals surface area contributed by atoms with Crippen molar-refractivity contribution in [3.8, 4) is 11.4 Å². The van der Waals surface area contributed by atoms with Crippen molar-refractivity contribution in [3.05, 3.63) is 86.9 Å². The second-order valence-corrected chi connectivity index (χ2v) is 7.39. The molecular weight excluding hydrogens is 403 g/mol. The smallest absolute Gasteiger partial charge is 0.167 e. The summed E-state index contributed by atoms with van der Waals surface area (Å²) in [6, 6.07) is 18.0. The van der Waals surface area contributed by atoms with Crippen LogP contribution in [0.15, 0.2) is 60.7 Å². The molecule has 0 unspecified atom stereocenters. The third-order valence-corrected chi connectivity index (χ3v) is 5.12. The minimum atomic E-state index is 0.00564. The molecule has 3 nitrogen and oxygen atoms in total. The molecule has 1 aromatic heterocycles. The van der Waals surface area contributed by atoms with Gasteiger partial charge in [-0.3, -0.25) is 4.79 Å². The molecule has 1 heterocycles. The number of rotatable bonds is 4. The molecule has 4 aromatic rings. The van der Waals surface area contributed by atoms with Crippen LogP contribution in [0, 0.1) is 0 Å². The van der Waals surface area contributed by atoms with Crippen LogP contribution < -0.4 is 0 Å². The van der Waals surface area contributed by atoms with Gasteiger partial charge in [-0.1, -0.05) is 53.0 Å². The first-order valence-corrected chi connectivity index (χ1v) is 9.36. The van der Waals surface area contributed by atoms with Crippen molar-refractivity contribution in [1.29, 1.82) is 0 Å². The van der Waals surface area contributed by atoms with Gasteiger partial charge in [0.05, 0.1) is 26.6 Å². The molecule has 3 aromatic carbocycles. The summed E-state index contributed by atoms with van der Waals surface area (Å²) in [5.74, 6) is 0.575. The Morgan fingerprint density at radius 3 is 2.41 bits per heavy atom. The van der Waals surface area contributed by atoms with E-state index in [1.165, 1.54) is 0 Å². The number of hydrogen-bond donors (Lipinski definition) is 1. The molecule has 0 aliphatic heterocycles. The Hall–Kier alpha value is -2.33. The zero-order valence-corrected chi connectivity index (χ0v) is 16.2. The molecule has 0 atom stereocenters. The van der Waals surface area contributed by atoms with Crippen LogP contribution >= 0.6 is 34.8 Å². The molecule has 134 valence electrons. The highest BCUT2D eigenvalue weighted by molar-refractivity contribution is 6.39. The van der Waals surface area contributed by atoms with Crippen molar-refractivity contribution in [2.75, 3.05) is 0 Å². The Morgan fingerprint density at radius 2 is 1.67 bits per heavy atom. The summed E-state index contributed by atoms with van der Waals surface area (Å²) in [6.07, 6.45) is 0.281. The highest BCUT2D eigenvalue weighted by atomic mass is 35.5. The summed E-state index contributed by atoms with van der Waals surface area (Å²) in [4.78, 5) is 20.4. The number of nitrogens with one attached hydrogen (secondary N) is 1. The van der Waals surface area contributed by atoms with Crippen molar-refractivity contribution >= 4 is 51.6 Å². The van der Waals surface area contributed by atoms with Crippen LogP contribution in [0.5, 0.6) is 0 Å². The number of ketones is 1. The van der Waals surface area contributed by atoms with E-state index in [-0.39, 0.29) is 12.2 Å². The lowest BCUT2D eigenvalue weighted by atomic mass is 10.0. The number of H-pyrrole nitrogens is 1. The molecule has 0 amide bonds. The van der Waals surface area contributed by atoms with Crippen LogP contribution in [-0.4, -0.2) is 15.8 Å². The number of carbonyl (C=O) groups is 1. The lowest BCUT2D eigenvalue weighted by molar-refractivity contribution is 0.0993. The van der Waals surface area contributed by atoms with Crippen LogP contribution in [0.3, 0.4) is 0 Å². The molecule has 4 rings (SSSR count). The van der Waals surface area contributed by atoms with Crippen LogP contribution in [0.4, 0.5) is 0 Å². The molecule has 6 heteroatoms. The number of benzene rings is 3. The predicted molar refractivity (Wildman–Crippen MR) is 111 cm³/mol. The maximum absolute atomic E-state index is 12.6. The summed E-state index contributed by atoms with van der Waals surface area (Å²) in [6.45, 7) is 0. The Labute approximate surface area is 170 Å². The summed E-state index contributed by atoms with van der Waals surface area (Å²) in [5.41, 5.74) is 3.60. The molecular formula is C21H13Cl3N2O. The number of carbonyl (C=O) groups excluding carboxylic acids is 1. The van der Waals surface area contributed by atoms with E-state index < -0.39 is 0 Å². The van der Waals surface area contributed by atoms with Gasteiger partial charge in [0.15, 0.2) is 5.78 Å². The topological polar surface area (TPSA) is 45.8 Å². The van der Waals surface area contributed by atoms with E-state index in [4.69, 9.17) is 34.8 Å². The maximum atomic E-state index is 12.6. The van der Waals surface area contributed by atoms with Gasteiger partial charge in [-0.05, 0) is 48.0 Å². The van der Waals surface area contributed by atoms with E-state index in [1.807, 2.05) is 18.2 Å². The fraction of sp³-hybridized carbons (Fsp3) is 0.0476. The van der Waals surface area contributed by atoms with Gasteiger partial charge in [0.25, 0.3) is 0 Å². The number of Topliss-reactive ketones (excluding diaryl/α,β-unsaturated/α-hetero) is 1. The molecule has 0 spiro atoms. The number of fused-ring (bicyclic) bond motifs is 1. The highest BCUT2D eigenvalue weighted by Gasteiger charge is 2.14. The molecule has 27 heavy (non-hydrogen) atoms. The molecule has 0 fully saturated rings. The number of nitrogens with zero attached hydrogens (tertiary/aromatic N) is 1. The number of hydrogen-bond acceptors (Lipinski definition) is 2. The molecule has 0 aliphatic rings. The lowest BCUT2D eigenvalue weighted by Crippen LogP contribution is -2.03. The third kappa shape index (κ3) is 3.72.